The van der Waals surface area contributed by atoms with E-state index in [4.69, 9.17) is 9.47 Å². The SMILES string of the molecule is O=C(Oc1ccccc1)[C@H]1O[C@@H]1c1cc(C(F)(F)F)nc2c(C(F)(F)F)cccc12. The number of rotatable bonds is 3. The number of hydrogen-bond acceptors (Lipinski definition) is 4. The van der Waals surface area contributed by atoms with Crippen molar-refractivity contribution in [3.8, 4) is 5.75 Å². The van der Waals surface area contributed by atoms with Crippen LogP contribution in [0.15, 0.2) is 54.6 Å². The molecule has 0 saturated carbocycles. The monoisotopic (exact) mass is 427 g/mol. The minimum atomic E-state index is -4.99. The topological polar surface area (TPSA) is 51.7 Å². The van der Waals surface area contributed by atoms with Crippen molar-refractivity contribution in [1.82, 2.24) is 4.98 Å². The average molecular weight is 427 g/mol. The summed E-state index contributed by atoms with van der Waals surface area (Å²) in [4.78, 5) is 15.4. The van der Waals surface area contributed by atoms with E-state index < -0.39 is 47.3 Å². The Hall–Kier alpha value is -3.14. The lowest BCUT2D eigenvalue weighted by molar-refractivity contribution is -0.142. The van der Waals surface area contributed by atoms with Crippen LogP contribution >= 0.6 is 0 Å². The number of epoxide rings is 1. The molecule has 0 unspecified atom stereocenters. The van der Waals surface area contributed by atoms with Crippen LogP contribution in [-0.2, 0) is 21.9 Å². The molecule has 2 aromatic carbocycles. The first kappa shape index (κ1) is 20.1. The highest BCUT2D eigenvalue weighted by Crippen LogP contribution is 2.46. The molecule has 156 valence electrons. The van der Waals surface area contributed by atoms with Crippen molar-refractivity contribution in [3.05, 3.63) is 71.4 Å². The number of alkyl halides is 6. The molecule has 1 aliphatic heterocycles. The maximum Gasteiger partial charge on any atom is 0.433 e. The van der Waals surface area contributed by atoms with Gasteiger partial charge in [-0.15, -0.1) is 0 Å². The zero-order valence-corrected chi connectivity index (χ0v) is 14.8. The number of esters is 1. The fourth-order valence-electron chi connectivity index (χ4n) is 3.07. The van der Waals surface area contributed by atoms with Crippen LogP contribution in [0, 0.1) is 0 Å². The summed E-state index contributed by atoms with van der Waals surface area (Å²) in [5.74, 6) is -0.664. The Morgan fingerprint density at radius 3 is 2.27 bits per heavy atom. The number of fused-ring (bicyclic) bond motifs is 1. The lowest BCUT2D eigenvalue weighted by atomic mass is 10.00. The summed E-state index contributed by atoms with van der Waals surface area (Å²) in [7, 11) is 0. The van der Waals surface area contributed by atoms with Gasteiger partial charge in [0.25, 0.3) is 0 Å². The molecular weight excluding hydrogens is 416 g/mol. The van der Waals surface area contributed by atoms with E-state index in [-0.39, 0.29) is 16.7 Å². The number of halogens is 6. The predicted molar refractivity (Wildman–Crippen MR) is 91.4 cm³/mol. The Kier molecular flexibility index (Phi) is 4.69. The standard InChI is InChI=1S/C20H11F6NO3/c21-19(22,23)13-8-4-7-11-12(9-14(20(24,25)26)27-15(11)13)16-17(30-16)18(28)29-10-5-2-1-3-6-10/h1-9,16-17H/t16-,17+/m1/s1. The van der Waals surface area contributed by atoms with Crippen molar-refractivity contribution in [2.24, 2.45) is 0 Å². The van der Waals surface area contributed by atoms with Crippen molar-refractivity contribution in [1.29, 1.82) is 0 Å². The number of carbonyl (C=O) groups is 1. The number of aromatic nitrogens is 1. The Balaban J connectivity index is 1.75. The Morgan fingerprint density at radius 1 is 0.933 bits per heavy atom. The first-order valence-electron chi connectivity index (χ1n) is 8.56. The smallest absolute Gasteiger partial charge is 0.425 e. The number of para-hydroxylation sites is 2. The molecule has 3 aromatic rings. The summed E-state index contributed by atoms with van der Waals surface area (Å²) in [6, 6.07) is 11.4. The van der Waals surface area contributed by atoms with Gasteiger partial charge in [-0.2, -0.15) is 26.3 Å². The molecule has 4 rings (SSSR count). The van der Waals surface area contributed by atoms with Gasteiger partial charge in [0.15, 0.2) is 6.10 Å². The average Bonchev–Trinajstić information content (AvgIpc) is 3.47. The van der Waals surface area contributed by atoms with Crippen molar-refractivity contribution in [2.45, 2.75) is 24.6 Å². The molecule has 0 aliphatic carbocycles. The van der Waals surface area contributed by atoms with Crippen LogP contribution in [-0.4, -0.2) is 17.1 Å². The highest BCUT2D eigenvalue weighted by atomic mass is 19.4. The van der Waals surface area contributed by atoms with Gasteiger partial charge in [0, 0.05) is 5.39 Å². The van der Waals surface area contributed by atoms with E-state index in [1.54, 1.807) is 18.2 Å². The number of ether oxygens (including phenoxy) is 2. The first-order valence-corrected chi connectivity index (χ1v) is 8.56. The first-order chi connectivity index (χ1) is 14.1. The number of nitrogens with zero attached hydrogens (tertiary/aromatic N) is 1. The van der Waals surface area contributed by atoms with E-state index in [0.717, 1.165) is 6.07 Å². The quantitative estimate of drug-likeness (QED) is 0.246. The van der Waals surface area contributed by atoms with Gasteiger partial charge in [-0.25, -0.2) is 9.78 Å². The molecule has 0 N–H and O–H groups in total. The summed E-state index contributed by atoms with van der Waals surface area (Å²) < 4.78 is 90.1. The molecule has 1 aromatic heterocycles. The minimum Gasteiger partial charge on any atom is -0.425 e. The molecule has 4 nitrogen and oxygen atoms in total. The Labute approximate surface area is 165 Å². The Morgan fingerprint density at radius 2 is 1.63 bits per heavy atom. The number of hydrogen-bond donors (Lipinski definition) is 0. The summed E-state index contributed by atoms with van der Waals surface area (Å²) >= 11 is 0. The molecule has 2 atom stereocenters. The summed E-state index contributed by atoms with van der Waals surface area (Å²) in [6.45, 7) is 0. The molecule has 2 heterocycles. The largest absolute Gasteiger partial charge is 0.433 e. The van der Waals surface area contributed by atoms with Gasteiger partial charge in [0.05, 0.1) is 11.1 Å². The molecule has 30 heavy (non-hydrogen) atoms. The van der Waals surface area contributed by atoms with Gasteiger partial charge in [-0.05, 0) is 29.8 Å². The van der Waals surface area contributed by atoms with Gasteiger partial charge >= 0.3 is 18.3 Å². The molecule has 10 heteroatoms. The van der Waals surface area contributed by atoms with E-state index in [2.05, 4.69) is 4.98 Å². The van der Waals surface area contributed by atoms with E-state index in [9.17, 15) is 31.1 Å². The van der Waals surface area contributed by atoms with Crippen LogP contribution in [0.25, 0.3) is 10.9 Å². The van der Waals surface area contributed by atoms with E-state index in [0.29, 0.717) is 12.1 Å². The fraction of sp³-hybridized carbons (Fsp3) is 0.200. The lowest BCUT2D eigenvalue weighted by Gasteiger charge is -2.14. The lowest BCUT2D eigenvalue weighted by Crippen LogP contribution is -2.16. The van der Waals surface area contributed by atoms with Crippen LogP contribution in [0.4, 0.5) is 26.3 Å². The molecule has 1 aliphatic rings. The van der Waals surface area contributed by atoms with Crippen molar-refractivity contribution < 1.29 is 40.6 Å². The molecule has 0 bridgehead atoms. The molecule has 1 fully saturated rings. The third kappa shape index (κ3) is 3.82. The van der Waals surface area contributed by atoms with Crippen LogP contribution < -0.4 is 4.74 Å². The maximum atomic E-state index is 13.3. The summed E-state index contributed by atoms with van der Waals surface area (Å²) in [5, 5.41) is -0.183. The summed E-state index contributed by atoms with van der Waals surface area (Å²) in [6.07, 6.45) is -12.3. The molecular formula is C20H11F6NO3. The van der Waals surface area contributed by atoms with Crippen LogP contribution in [0.3, 0.4) is 0 Å². The predicted octanol–water partition coefficient (Wildman–Crippen LogP) is 5.32. The zero-order chi connectivity index (χ0) is 21.7. The highest BCUT2D eigenvalue weighted by Gasteiger charge is 2.50. The molecule has 0 radical (unpaired) electrons. The molecule has 1 saturated heterocycles. The third-order valence-electron chi connectivity index (χ3n) is 4.46. The minimum absolute atomic E-state index is 0.183. The normalized spacial score (nSPS) is 19.0. The Bertz CT molecular complexity index is 1110. The number of benzene rings is 2. The van der Waals surface area contributed by atoms with Crippen molar-refractivity contribution in [2.75, 3.05) is 0 Å². The second kappa shape index (κ2) is 6.98. The van der Waals surface area contributed by atoms with Gasteiger partial charge in [-0.3, -0.25) is 0 Å². The van der Waals surface area contributed by atoms with Crippen molar-refractivity contribution >= 4 is 16.9 Å². The highest BCUT2D eigenvalue weighted by molar-refractivity contribution is 5.89. The third-order valence-corrected chi connectivity index (χ3v) is 4.46. The van der Waals surface area contributed by atoms with Crippen LogP contribution in [0.2, 0.25) is 0 Å². The van der Waals surface area contributed by atoms with E-state index >= 15 is 0 Å². The van der Waals surface area contributed by atoms with Gasteiger partial charge in [0.1, 0.15) is 17.5 Å². The second-order valence-electron chi connectivity index (χ2n) is 6.51. The van der Waals surface area contributed by atoms with Gasteiger partial charge in [0.2, 0.25) is 0 Å². The number of pyridine rings is 1. The second-order valence-corrected chi connectivity index (χ2v) is 6.51. The zero-order valence-electron chi connectivity index (χ0n) is 14.8. The van der Waals surface area contributed by atoms with Crippen LogP contribution in [0.5, 0.6) is 5.75 Å². The molecule has 0 amide bonds. The van der Waals surface area contributed by atoms with E-state index in [1.165, 1.54) is 18.2 Å². The van der Waals surface area contributed by atoms with Gasteiger partial charge < -0.3 is 9.47 Å². The van der Waals surface area contributed by atoms with Crippen molar-refractivity contribution in [3.63, 3.8) is 0 Å². The summed E-state index contributed by atoms with van der Waals surface area (Å²) in [5.41, 5.74) is -3.89. The van der Waals surface area contributed by atoms with E-state index in [1.807, 2.05) is 0 Å². The fourth-order valence-corrected chi connectivity index (χ4v) is 3.07. The van der Waals surface area contributed by atoms with Gasteiger partial charge in [-0.1, -0.05) is 30.3 Å². The molecule has 0 spiro atoms. The van der Waals surface area contributed by atoms with Crippen LogP contribution in [0.1, 0.15) is 22.9 Å². The maximum absolute atomic E-state index is 13.3. The number of carbonyl (C=O) groups excluding carboxylic acids is 1.